The second-order valence-electron chi connectivity index (χ2n) is 5.04. The Morgan fingerprint density at radius 2 is 1.90 bits per heavy atom. The molecule has 2 rings (SSSR count). The predicted octanol–water partition coefficient (Wildman–Crippen LogP) is 0.619. The van der Waals surface area contributed by atoms with Gasteiger partial charge in [0.1, 0.15) is 0 Å². The lowest BCUT2D eigenvalue weighted by atomic mass is 10.0. The van der Waals surface area contributed by atoms with Crippen LogP contribution >= 0.6 is 0 Å². The minimum atomic E-state index is -3.91. The molecule has 0 aliphatic carbocycles. The van der Waals surface area contributed by atoms with Crippen LogP contribution in [0.4, 0.5) is 5.69 Å². The summed E-state index contributed by atoms with van der Waals surface area (Å²) in [4.78, 5) is 0. The van der Waals surface area contributed by atoms with Gasteiger partial charge in [-0.25, -0.2) is 16.8 Å². The molecule has 0 radical (unpaired) electrons. The van der Waals surface area contributed by atoms with Crippen molar-refractivity contribution < 1.29 is 16.8 Å². The maximum Gasteiger partial charge on any atom is 0.249 e. The second kappa shape index (κ2) is 5.34. The molecule has 1 heterocycles. The average molecular weight is 318 g/mol. The Kier molecular flexibility index (Phi) is 4.08. The van der Waals surface area contributed by atoms with Crippen molar-refractivity contribution in [2.75, 3.05) is 22.2 Å². The van der Waals surface area contributed by atoms with E-state index < -0.39 is 24.9 Å². The van der Waals surface area contributed by atoms with Crippen molar-refractivity contribution in [3.8, 4) is 0 Å². The fourth-order valence-electron chi connectivity index (χ4n) is 2.38. The SMILES string of the molecule is CS(=O)(=O)CS(=O)(=O)N1CCCC(N)c2ccccc21. The molecule has 112 valence electrons. The monoisotopic (exact) mass is 318 g/mol. The Morgan fingerprint density at radius 1 is 1.25 bits per heavy atom. The zero-order valence-corrected chi connectivity index (χ0v) is 12.8. The van der Waals surface area contributed by atoms with Crippen LogP contribution < -0.4 is 10.0 Å². The number of sulfonamides is 1. The molecule has 1 aliphatic heterocycles. The molecule has 0 fully saturated rings. The molecule has 0 amide bonds. The van der Waals surface area contributed by atoms with Gasteiger partial charge < -0.3 is 5.73 Å². The molecule has 2 N–H and O–H groups in total. The molecule has 6 nitrogen and oxygen atoms in total. The Bertz CT molecular complexity index is 698. The van der Waals surface area contributed by atoms with Gasteiger partial charge in [-0.1, -0.05) is 18.2 Å². The maximum atomic E-state index is 12.3. The zero-order chi connectivity index (χ0) is 15.0. The number of hydrogen-bond donors (Lipinski definition) is 1. The van der Waals surface area contributed by atoms with Crippen LogP contribution in [-0.4, -0.2) is 34.7 Å². The molecule has 0 aromatic heterocycles. The lowest BCUT2D eigenvalue weighted by Gasteiger charge is -2.24. The number of benzene rings is 1. The summed E-state index contributed by atoms with van der Waals surface area (Å²) in [6, 6.07) is 6.74. The van der Waals surface area contributed by atoms with Crippen LogP contribution in [-0.2, 0) is 19.9 Å². The van der Waals surface area contributed by atoms with Crippen LogP contribution in [0.5, 0.6) is 0 Å². The molecule has 1 atom stereocenters. The van der Waals surface area contributed by atoms with Gasteiger partial charge in [0.15, 0.2) is 14.9 Å². The van der Waals surface area contributed by atoms with E-state index >= 15 is 0 Å². The van der Waals surface area contributed by atoms with E-state index in [1.807, 2.05) is 0 Å². The molecule has 0 spiro atoms. The van der Waals surface area contributed by atoms with Crippen LogP contribution in [0.2, 0.25) is 0 Å². The number of rotatable bonds is 3. The minimum absolute atomic E-state index is 0.232. The van der Waals surface area contributed by atoms with E-state index in [9.17, 15) is 16.8 Å². The first-order valence-corrected chi connectivity index (χ1v) is 9.90. The van der Waals surface area contributed by atoms with Gasteiger partial charge >= 0.3 is 0 Å². The van der Waals surface area contributed by atoms with Gasteiger partial charge in [0, 0.05) is 18.8 Å². The molecule has 0 saturated carbocycles. The van der Waals surface area contributed by atoms with Crippen molar-refractivity contribution in [1.29, 1.82) is 0 Å². The van der Waals surface area contributed by atoms with Crippen molar-refractivity contribution >= 4 is 25.5 Å². The van der Waals surface area contributed by atoms with Gasteiger partial charge in [0.05, 0.1) is 5.69 Å². The molecule has 1 unspecified atom stereocenters. The van der Waals surface area contributed by atoms with E-state index in [2.05, 4.69) is 0 Å². The number of fused-ring (bicyclic) bond motifs is 1. The third-order valence-electron chi connectivity index (χ3n) is 3.18. The molecule has 1 aliphatic rings. The van der Waals surface area contributed by atoms with Crippen molar-refractivity contribution in [3.05, 3.63) is 29.8 Å². The van der Waals surface area contributed by atoms with Gasteiger partial charge in [-0.05, 0) is 24.5 Å². The zero-order valence-electron chi connectivity index (χ0n) is 11.2. The Balaban J connectivity index is 2.49. The highest BCUT2D eigenvalue weighted by atomic mass is 32.3. The molecular formula is C12H18N2O4S2. The number of nitrogens with two attached hydrogens (primary N) is 1. The molecule has 1 aromatic rings. The summed E-state index contributed by atoms with van der Waals surface area (Å²) in [5.74, 6) is 0. The summed E-state index contributed by atoms with van der Waals surface area (Å²) in [6.45, 7) is 0.253. The number of para-hydroxylation sites is 1. The van der Waals surface area contributed by atoms with Crippen molar-refractivity contribution in [2.24, 2.45) is 5.73 Å². The van der Waals surface area contributed by atoms with Crippen molar-refractivity contribution in [1.82, 2.24) is 0 Å². The summed E-state index contributed by atoms with van der Waals surface area (Å²) < 4.78 is 48.5. The normalized spacial score (nSPS) is 20.3. The summed E-state index contributed by atoms with van der Waals surface area (Å²) in [6.07, 6.45) is 2.18. The summed E-state index contributed by atoms with van der Waals surface area (Å²) in [7, 11) is -7.53. The fourth-order valence-corrected chi connectivity index (χ4v) is 5.93. The molecule has 0 bridgehead atoms. The maximum absolute atomic E-state index is 12.3. The summed E-state index contributed by atoms with van der Waals surface area (Å²) in [5, 5.41) is -0.885. The smallest absolute Gasteiger partial charge is 0.249 e. The highest BCUT2D eigenvalue weighted by Crippen LogP contribution is 2.33. The van der Waals surface area contributed by atoms with Crippen LogP contribution in [0.3, 0.4) is 0 Å². The third-order valence-corrected chi connectivity index (χ3v) is 7.13. The van der Waals surface area contributed by atoms with E-state index in [0.29, 0.717) is 18.5 Å². The van der Waals surface area contributed by atoms with Crippen LogP contribution in [0.15, 0.2) is 24.3 Å². The Morgan fingerprint density at radius 3 is 2.55 bits per heavy atom. The van der Waals surface area contributed by atoms with Crippen LogP contribution in [0.1, 0.15) is 24.4 Å². The Labute approximate surface area is 119 Å². The third kappa shape index (κ3) is 3.31. The average Bonchev–Trinajstić information content (AvgIpc) is 2.47. The quantitative estimate of drug-likeness (QED) is 0.881. The van der Waals surface area contributed by atoms with Gasteiger partial charge in [0.25, 0.3) is 0 Å². The van der Waals surface area contributed by atoms with Crippen LogP contribution in [0.25, 0.3) is 0 Å². The largest absolute Gasteiger partial charge is 0.324 e. The fraction of sp³-hybridized carbons (Fsp3) is 0.500. The number of hydrogen-bond acceptors (Lipinski definition) is 5. The molecular weight excluding hydrogens is 300 g/mol. The highest BCUT2D eigenvalue weighted by molar-refractivity contribution is 8.08. The van der Waals surface area contributed by atoms with E-state index in [4.69, 9.17) is 5.73 Å². The predicted molar refractivity (Wildman–Crippen MR) is 78.6 cm³/mol. The number of anilines is 1. The van der Waals surface area contributed by atoms with Crippen LogP contribution in [0, 0.1) is 0 Å². The van der Waals surface area contributed by atoms with Gasteiger partial charge in [-0.3, -0.25) is 4.31 Å². The first-order valence-electron chi connectivity index (χ1n) is 6.23. The van der Waals surface area contributed by atoms with Gasteiger partial charge in [-0.2, -0.15) is 0 Å². The van der Waals surface area contributed by atoms with Gasteiger partial charge in [0.2, 0.25) is 10.0 Å². The molecule has 20 heavy (non-hydrogen) atoms. The second-order valence-corrected chi connectivity index (χ2v) is 9.43. The van der Waals surface area contributed by atoms with E-state index in [0.717, 1.165) is 11.8 Å². The highest BCUT2D eigenvalue weighted by Gasteiger charge is 2.31. The summed E-state index contributed by atoms with van der Waals surface area (Å²) >= 11 is 0. The van der Waals surface area contributed by atoms with E-state index in [-0.39, 0.29) is 12.6 Å². The minimum Gasteiger partial charge on any atom is -0.324 e. The standard InChI is InChI=1S/C12H18N2O4S2/c1-19(15,16)9-20(17,18)14-8-4-6-11(13)10-5-2-3-7-12(10)14/h2-3,5,7,11H,4,6,8-9,13H2,1H3. The number of nitrogens with zero attached hydrogens (tertiary/aromatic N) is 1. The molecule has 1 aromatic carbocycles. The molecule has 8 heteroatoms. The molecule has 0 saturated heterocycles. The summed E-state index contributed by atoms with van der Waals surface area (Å²) in [5.41, 5.74) is 7.26. The first kappa shape index (κ1) is 15.3. The first-order chi connectivity index (χ1) is 9.21. The van der Waals surface area contributed by atoms with Crippen molar-refractivity contribution in [2.45, 2.75) is 18.9 Å². The van der Waals surface area contributed by atoms with Crippen molar-refractivity contribution in [3.63, 3.8) is 0 Å². The lowest BCUT2D eigenvalue weighted by Crippen LogP contribution is -2.36. The van der Waals surface area contributed by atoms with E-state index in [1.165, 1.54) is 4.31 Å². The topological polar surface area (TPSA) is 97.5 Å². The Hall–Kier alpha value is -1.12. The lowest BCUT2D eigenvalue weighted by molar-refractivity contribution is 0.585. The van der Waals surface area contributed by atoms with Gasteiger partial charge in [-0.15, -0.1) is 0 Å². The number of sulfone groups is 1. The van der Waals surface area contributed by atoms with E-state index in [1.54, 1.807) is 24.3 Å².